The number of ether oxygens (including phenoxy) is 1. The van der Waals surface area contributed by atoms with E-state index in [-0.39, 0.29) is 5.91 Å². The van der Waals surface area contributed by atoms with E-state index in [0.717, 1.165) is 6.42 Å². The molecule has 0 unspecified atom stereocenters. The van der Waals surface area contributed by atoms with Gasteiger partial charge >= 0.3 is 0 Å². The normalized spacial score (nSPS) is 23.3. The number of aromatic nitrogens is 2. The fourth-order valence-electron chi connectivity index (χ4n) is 2.55. The average Bonchev–Trinajstić information content (AvgIpc) is 2.83. The Morgan fingerprint density at radius 1 is 1.53 bits per heavy atom. The van der Waals surface area contributed by atoms with E-state index in [4.69, 9.17) is 4.74 Å². The van der Waals surface area contributed by atoms with Gasteiger partial charge < -0.3 is 10.1 Å². The largest absolute Gasteiger partial charge is 0.376 e. The summed E-state index contributed by atoms with van der Waals surface area (Å²) in [6.07, 6.45) is 8.63. The lowest BCUT2D eigenvalue weighted by Gasteiger charge is -2.28. The summed E-state index contributed by atoms with van der Waals surface area (Å²) in [6, 6.07) is 0. The molecule has 1 aliphatic rings. The summed E-state index contributed by atoms with van der Waals surface area (Å²) in [6.45, 7) is 3.38. The van der Waals surface area contributed by atoms with Crippen LogP contribution in [0, 0.1) is 5.92 Å². The minimum atomic E-state index is -0.0895. The second kappa shape index (κ2) is 6.70. The van der Waals surface area contributed by atoms with Crippen molar-refractivity contribution in [2.75, 3.05) is 13.2 Å². The van der Waals surface area contributed by atoms with E-state index in [9.17, 15) is 4.79 Å². The topological polar surface area (TPSA) is 56.1 Å². The lowest BCUT2D eigenvalue weighted by molar-refractivity contribution is -0.00293. The molecule has 1 fully saturated rings. The Labute approximate surface area is 114 Å². The molecule has 5 nitrogen and oxygen atoms in total. The predicted octanol–water partition coefficient (Wildman–Crippen LogP) is 1.75. The number of rotatable bonds is 5. The monoisotopic (exact) mass is 265 g/mol. The molecule has 2 rings (SSSR count). The standard InChI is InChI=1S/C14H23N3O2/c1-11-5-3-4-6-13(11)19-8-7-15-14(18)12-9-16-17(2)10-12/h9-11,13H,3-8H2,1-2H3,(H,15,18)/t11-,13+/m0/s1. The molecule has 2 atom stereocenters. The van der Waals surface area contributed by atoms with E-state index in [1.165, 1.54) is 19.3 Å². The maximum atomic E-state index is 11.8. The van der Waals surface area contributed by atoms with E-state index in [1.54, 1.807) is 24.1 Å². The molecule has 1 aromatic heterocycles. The molecule has 0 radical (unpaired) electrons. The molecule has 0 bridgehead atoms. The van der Waals surface area contributed by atoms with Crippen LogP contribution in [0.25, 0.3) is 0 Å². The van der Waals surface area contributed by atoms with Crippen molar-refractivity contribution in [2.24, 2.45) is 13.0 Å². The molecular weight excluding hydrogens is 242 g/mol. The SMILES string of the molecule is C[C@H]1CCCC[C@H]1OCCNC(=O)c1cnn(C)c1. The summed E-state index contributed by atoms with van der Waals surface area (Å²) in [4.78, 5) is 11.8. The lowest BCUT2D eigenvalue weighted by atomic mass is 9.88. The highest BCUT2D eigenvalue weighted by Gasteiger charge is 2.21. The van der Waals surface area contributed by atoms with Crippen molar-refractivity contribution in [1.29, 1.82) is 0 Å². The van der Waals surface area contributed by atoms with Crippen molar-refractivity contribution in [3.63, 3.8) is 0 Å². The Morgan fingerprint density at radius 2 is 2.32 bits per heavy atom. The zero-order valence-corrected chi connectivity index (χ0v) is 11.8. The van der Waals surface area contributed by atoms with Gasteiger partial charge in [-0.25, -0.2) is 0 Å². The van der Waals surface area contributed by atoms with Crippen molar-refractivity contribution >= 4 is 5.91 Å². The number of carbonyl (C=O) groups is 1. The summed E-state index contributed by atoms with van der Waals surface area (Å²) >= 11 is 0. The number of hydrogen-bond acceptors (Lipinski definition) is 3. The highest BCUT2D eigenvalue weighted by molar-refractivity contribution is 5.93. The summed E-state index contributed by atoms with van der Waals surface area (Å²) in [5, 5.41) is 6.82. The lowest BCUT2D eigenvalue weighted by Crippen LogP contribution is -2.31. The first kappa shape index (κ1) is 14.1. The zero-order valence-electron chi connectivity index (χ0n) is 11.8. The first-order chi connectivity index (χ1) is 9.16. The molecule has 106 valence electrons. The Hall–Kier alpha value is -1.36. The van der Waals surface area contributed by atoms with Crippen LogP contribution in [-0.4, -0.2) is 34.9 Å². The van der Waals surface area contributed by atoms with Crippen LogP contribution in [0.2, 0.25) is 0 Å². The zero-order chi connectivity index (χ0) is 13.7. The van der Waals surface area contributed by atoms with Crippen LogP contribution in [0.15, 0.2) is 12.4 Å². The van der Waals surface area contributed by atoms with Crippen molar-refractivity contribution < 1.29 is 9.53 Å². The number of aryl methyl sites for hydroxylation is 1. The van der Waals surface area contributed by atoms with E-state index >= 15 is 0 Å². The van der Waals surface area contributed by atoms with Gasteiger partial charge in [0.05, 0.1) is 24.5 Å². The van der Waals surface area contributed by atoms with Crippen LogP contribution in [0.3, 0.4) is 0 Å². The molecule has 1 aromatic rings. The first-order valence-electron chi connectivity index (χ1n) is 7.05. The fraction of sp³-hybridized carbons (Fsp3) is 0.714. The number of amides is 1. The van der Waals surface area contributed by atoms with Gasteiger partial charge in [0.2, 0.25) is 0 Å². The van der Waals surface area contributed by atoms with Gasteiger partial charge in [-0.05, 0) is 18.8 Å². The van der Waals surface area contributed by atoms with E-state index in [2.05, 4.69) is 17.3 Å². The Bertz CT molecular complexity index is 417. The smallest absolute Gasteiger partial charge is 0.254 e. The maximum Gasteiger partial charge on any atom is 0.254 e. The van der Waals surface area contributed by atoms with Crippen molar-refractivity contribution in [3.05, 3.63) is 18.0 Å². The summed E-state index contributed by atoms with van der Waals surface area (Å²) in [5.74, 6) is 0.552. The molecule has 0 saturated heterocycles. The van der Waals surface area contributed by atoms with E-state index in [0.29, 0.717) is 30.7 Å². The predicted molar refractivity (Wildman–Crippen MR) is 72.9 cm³/mol. The number of carbonyl (C=O) groups excluding carboxylic acids is 1. The van der Waals surface area contributed by atoms with Gasteiger partial charge in [-0.2, -0.15) is 5.10 Å². The second-order valence-corrected chi connectivity index (χ2v) is 5.33. The van der Waals surface area contributed by atoms with Crippen molar-refractivity contribution in [3.8, 4) is 0 Å². The average molecular weight is 265 g/mol. The third-order valence-corrected chi connectivity index (χ3v) is 3.72. The van der Waals surface area contributed by atoms with Crippen molar-refractivity contribution in [1.82, 2.24) is 15.1 Å². The van der Waals surface area contributed by atoms with Gasteiger partial charge in [0, 0.05) is 19.8 Å². The van der Waals surface area contributed by atoms with Gasteiger partial charge in [0.25, 0.3) is 5.91 Å². The Balaban J connectivity index is 1.65. The molecule has 0 aromatic carbocycles. The van der Waals surface area contributed by atoms with Crippen LogP contribution < -0.4 is 5.32 Å². The molecule has 1 amide bonds. The third kappa shape index (κ3) is 4.06. The van der Waals surface area contributed by atoms with Crippen LogP contribution in [-0.2, 0) is 11.8 Å². The first-order valence-corrected chi connectivity index (χ1v) is 7.05. The number of hydrogen-bond donors (Lipinski definition) is 1. The highest BCUT2D eigenvalue weighted by atomic mass is 16.5. The molecule has 19 heavy (non-hydrogen) atoms. The molecule has 1 N–H and O–H groups in total. The summed E-state index contributed by atoms with van der Waals surface area (Å²) in [7, 11) is 1.80. The second-order valence-electron chi connectivity index (χ2n) is 5.33. The molecule has 1 aliphatic carbocycles. The minimum absolute atomic E-state index is 0.0895. The Kier molecular flexibility index (Phi) is 4.96. The van der Waals surface area contributed by atoms with Crippen LogP contribution in [0.5, 0.6) is 0 Å². The highest BCUT2D eigenvalue weighted by Crippen LogP contribution is 2.25. The molecular formula is C14H23N3O2. The number of nitrogens with zero attached hydrogens (tertiary/aromatic N) is 2. The molecule has 5 heteroatoms. The van der Waals surface area contributed by atoms with Crippen LogP contribution >= 0.6 is 0 Å². The summed E-state index contributed by atoms with van der Waals surface area (Å²) in [5.41, 5.74) is 0.591. The van der Waals surface area contributed by atoms with E-state index in [1.807, 2.05) is 0 Å². The molecule has 1 heterocycles. The van der Waals surface area contributed by atoms with Crippen LogP contribution in [0.4, 0.5) is 0 Å². The van der Waals surface area contributed by atoms with Gasteiger partial charge in [-0.3, -0.25) is 9.48 Å². The minimum Gasteiger partial charge on any atom is -0.376 e. The molecule has 0 aliphatic heterocycles. The molecule has 0 spiro atoms. The fourth-order valence-corrected chi connectivity index (χ4v) is 2.55. The van der Waals surface area contributed by atoms with Gasteiger partial charge in [-0.1, -0.05) is 19.8 Å². The summed E-state index contributed by atoms with van der Waals surface area (Å²) < 4.78 is 7.47. The van der Waals surface area contributed by atoms with E-state index < -0.39 is 0 Å². The van der Waals surface area contributed by atoms with Gasteiger partial charge in [0.15, 0.2) is 0 Å². The van der Waals surface area contributed by atoms with Crippen molar-refractivity contribution in [2.45, 2.75) is 38.7 Å². The van der Waals surface area contributed by atoms with Gasteiger partial charge in [-0.15, -0.1) is 0 Å². The maximum absolute atomic E-state index is 11.8. The van der Waals surface area contributed by atoms with Crippen LogP contribution in [0.1, 0.15) is 43.0 Å². The third-order valence-electron chi connectivity index (χ3n) is 3.72. The Morgan fingerprint density at radius 3 is 3.00 bits per heavy atom. The van der Waals surface area contributed by atoms with Gasteiger partial charge in [0.1, 0.15) is 0 Å². The quantitative estimate of drug-likeness (QED) is 0.825. The molecule has 1 saturated carbocycles. The number of nitrogens with one attached hydrogen (secondary N) is 1.